The summed E-state index contributed by atoms with van der Waals surface area (Å²) in [5.41, 5.74) is 2.23. The summed E-state index contributed by atoms with van der Waals surface area (Å²) in [6.07, 6.45) is 0. The number of carbonyl (C=O) groups excluding carboxylic acids is 1. The summed E-state index contributed by atoms with van der Waals surface area (Å²) in [7, 11) is 1.62. The van der Waals surface area contributed by atoms with Crippen LogP contribution >= 0.6 is 11.8 Å². The highest BCUT2D eigenvalue weighted by Gasteiger charge is 2.18. The standard InChI is InChI=1S/C23H18FN3O2S/c1-29-20-13-11-19(12-14-20)27-22(17-5-3-2-4-6-17)25-26-23(27)30-15-21(28)16-7-9-18(24)10-8-16/h2-14H,15H2,1H3. The first-order chi connectivity index (χ1) is 14.7. The first-order valence-electron chi connectivity index (χ1n) is 9.22. The molecule has 0 fully saturated rings. The summed E-state index contributed by atoms with van der Waals surface area (Å²) in [5, 5.41) is 9.28. The molecule has 4 aromatic rings. The van der Waals surface area contributed by atoms with Gasteiger partial charge in [-0.05, 0) is 48.5 Å². The van der Waals surface area contributed by atoms with Crippen LogP contribution in [0.2, 0.25) is 0 Å². The van der Waals surface area contributed by atoms with Crippen molar-refractivity contribution in [3.63, 3.8) is 0 Å². The quantitative estimate of drug-likeness (QED) is 0.310. The number of thioether (sulfide) groups is 1. The van der Waals surface area contributed by atoms with Crippen molar-refractivity contribution >= 4 is 17.5 Å². The van der Waals surface area contributed by atoms with Crippen LogP contribution in [0.15, 0.2) is 84.0 Å². The van der Waals surface area contributed by atoms with Gasteiger partial charge in [-0.3, -0.25) is 9.36 Å². The van der Waals surface area contributed by atoms with E-state index in [0.717, 1.165) is 17.0 Å². The van der Waals surface area contributed by atoms with Crippen LogP contribution in [0.3, 0.4) is 0 Å². The molecule has 30 heavy (non-hydrogen) atoms. The second-order valence-corrected chi connectivity index (χ2v) is 7.37. The van der Waals surface area contributed by atoms with Crippen LogP contribution in [0.5, 0.6) is 5.75 Å². The van der Waals surface area contributed by atoms with Crippen LogP contribution in [-0.4, -0.2) is 33.4 Å². The Morgan fingerprint density at radius 2 is 1.67 bits per heavy atom. The molecule has 0 bridgehead atoms. The largest absolute Gasteiger partial charge is 0.497 e. The minimum atomic E-state index is -0.369. The van der Waals surface area contributed by atoms with Crippen molar-refractivity contribution in [2.24, 2.45) is 0 Å². The Balaban J connectivity index is 1.66. The van der Waals surface area contributed by atoms with E-state index in [1.54, 1.807) is 7.11 Å². The van der Waals surface area contributed by atoms with Gasteiger partial charge in [0.15, 0.2) is 16.8 Å². The predicted molar refractivity (Wildman–Crippen MR) is 115 cm³/mol. The molecule has 150 valence electrons. The highest BCUT2D eigenvalue weighted by molar-refractivity contribution is 7.99. The lowest BCUT2D eigenvalue weighted by Gasteiger charge is -2.11. The normalized spacial score (nSPS) is 10.7. The molecule has 0 atom stereocenters. The summed E-state index contributed by atoms with van der Waals surface area (Å²) in [4.78, 5) is 12.5. The van der Waals surface area contributed by atoms with Crippen molar-refractivity contribution in [2.45, 2.75) is 5.16 Å². The Morgan fingerprint density at radius 1 is 0.967 bits per heavy atom. The summed E-state index contributed by atoms with van der Waals surface area (Å²) in [6.45, 7) is 0. The number of halogens is 1. The van der Waals surface area contributed by atoms with E-state index in [9.17, 15) is 9.18 Å². The molecule has 0 N–H and O–H groups in total. The minimum Gasteiger partial charge on any atom is -0.497 e. The van der Waals surface area contributed by atoms with Gasteiger partial charge in [0.2, 0.25) is 0 Å². The van der Waals surface area contributed by atoms with E-state index >= 15 is 0 Å². The van der Waals surface area contributed by atoms with Crippen molar-refractivity contribution in [3.8, 4) is 22.8 Å². The average molecular weight is 419 g/mol. The topological polar surface area (TPSA) is 57.0 Å². The van der Waals surface area contributed by atoms with Crippen LogP contribution in [-0.2, 0) is 0 Å². The number of benzene rings is 3. The molecule has 0 saturated heterocycles. The predicted octanol–water partition coefficient (Wildman–Crippen LogP) is 5.06. The highest BCUT2D eigenvalue weighted by Crippen LogP contribution is 2.29. The molecule has 4 rings (SSSR count). The molecule has 0 aliphatic carbocycles. The van der Waals surface area contributed by atoms with E-state index in [1.807, 2.05) is 59.2 Å². The monoisotopic (exact) mass is 419 g/mol. The highest BCUT2D eigenvalue weighted by atomic mass is 32.2. The zero-order valence-electron chi connectivity index (χ0n) is 16.2. The lowest BCUT2D eigenvalue weighted by Crippen LogP contribution is -2.05. The molecule has 0 aliphatic heterocycles. The lowest BCUT2D eigenvalue weighted by molar-refractivity contribution is 0.102. The van der Waals surface area contributed by atoms with Crippen LogP contribution in [0.1, 0.15) is 10.4 Å². The number of ketones is 1. The zero-order chi connectivity index (χ0) is 20.9. The van der Waals surface area contributed by atoms with Gasteiger partial charge in [-0.2, -0.15) is 0 Å². The maximum absolute atomic E-state index is 13.1. The molecular weight excluding hydrogens is 401 g/mol. The molecule has 7 heteroatoms. The number of ether oxygens (including phenoxy) is 1. The molecule has 0 radical (unpaired) electrons. The Labute approximate surface area is 177 Å². The minimum absolute atomic E-state index is 0.106. The number of carbonyl (C=O) groups is 1. The van der Waals surface area contributed by atoms with Gasteiger partial charge < -0.3 is 4.74 Å². The van der Waals surface area contributed by atoms with Gasteiger partial charge in [-0.1, -0.05) is 42.1 Å². The Kier molecular flexibility index (Phi) is 5.90. The fraction of sp³-hybridized carbons (Fsp3) is 0.0870. The molecule has 0 saturated carbocycles. The van der Waals surface area contributed by atoms with Crippen LogP contribution < -0.4 is 4.74 Å². The molecular formula is C23H18FN3O2S. The van der Waals surface area contributed by atoms with E-state index in [0.29, 0.717) is 16.5 Å². The zero-order valence-corrected chi connectivity index (χ0v) is 17.0. The number of aromatic nitrogens is 3. The first-order valence-corrected chi connectivity index (χ1v) is 10.2. The third-order valence-corrected chi connectivity index (χ3v) is 5.42. The molecule has 1 heterocycles. The Bertz CT molecular complexity index is 1140. The van der Waals surface area contributed by atoms with Crippen molar-refractivity contribution in [3.05, 3.63) is 90.2 Å². The number of hydrogen-bond donors (Lipinski definition) is 0. The van der Waals surface area contributed by atoms with Crippen LogP contribution in [0.25, 0.3) is 17.1 Å². The van der Waals surface area contributed by atoms with E-state index in [4.69, 9.17) is 4.74 Å². The number of hydrogen-bond acceptors (Lipinski definition) is 5. The molecule has 0 unspecified atom stereocenters. The van der Waals surface area contributed by atoms with Crippen LogP contribution in [0.4, 0.5) is 4.39 Å². The molecule has 0 spiro atoms. The molecule has 0 aliphatic rings. The van der Waals surface area contributed by atoms with Crippen molar-refractivity contribution in [1.29, 1.82) is 0 Å². The molecule has 5 nitrogen and oxygen atoms in total. The van der Waals surface area contributed by atoms with Gasteiger partial charge >= 0.3 is 0 Å². The fourth-order valence-electron chi connectivity index (χ4n) is 2.95. The van der Waals surface area contributed by atoms with Crippen molar-refractivity contribution in [1.82, 2.24) is 14.8 Å². The van der Waals surface area contributed by atoms with Gasteiger partial charge in [0.1, 0.15) is 11.6 Å². The third kappa shape index (κ3) is 4.26. The summed E-state index contributed by atoms with van der Waals surface area (Å²) < 4.78 is 20.3. The van der Waals surface area contributed by atoms with Gasteiger partial charge in [0, 0.05) is 16.8 Å². The molecule has 3 aromatic carbocycles. The van der Waals surface area contributed by atoms with Gasteiger partial charge in [-0.15, -0.1) is 10.2 Å². The molecule has 0 amide bonds. The second kappa shape index (κ2) is 8.92. The Hall–Kier alpha value is -3.45. The maximum atomic E-state index is 13.1. The van der Waals surface area contributed by atoms with E-state index in [1.165, 1.54) is 36.0 Å². The van der Waals surface area contributed by atoms with E-state index in [-0.39, 0.29) is 17.4 Å². The second-order valence-electron chi connectivity index (χ2n) is 6.42. The average Bonchev–Trinajstić information content (AvgIpc) is 3.22. The number of methoxy groups -OCH3 is 1. The van der Waals surface area contributed by atoms with Crippen molar-refractivity contribution in [2.75, 3.05) is 12.9 Å². The summed E-state index contributed by atoms with van der Waals surface area (Å²) in [6, 6.07) is 22.8. The fourth-order valence-corrected chi connectivity index (χ4v) is 3.80. The van der Waals surface area contributed by atoms with Crippen LogP contribution in [0, 0.1) is 5.82 Å². The van der Waals surface area contributed by atoms with Gasteiger partial charge in [0.05, 0.1) is 12.9 Å². The maximum Gasteiger partial charge on any atom is 0.196 e. The number of nitrogens with zero attached hydrogens (tertiary/aromatic N) is 3. The van der Waals surface area contributed by atoms with Gasteiger partial charge in [-0.25, -0.2) is 4.39 Å². The van der Waals surface area contributed by atoms with E-state index in [2.05, 4.69) is 10.2 Å². The number of Topliss-reactive ketones (excluding diaryl/α,β-unsaturated/α-hetero) is 1. The molecule has 1 aromatic heterocycles. The van der Waals surface area contributed by atoms with Gasteiger partial charge in [0.25, 0.3) is 0 Å². The summed E-state index contributed by atoms with van der Waals surface area (Å²) >= 11 is 1.29. The smallest absolute Gasteiger partial charge is 0.196 e. The first kappa shape index (κ1) is 19.8. The number of rotatable bonds is 7. The third-order valence-electron chi connectivity index (χ3n) is 4.49. The lowest BCUT2D eigenvalue weighted by atomic mass is 10.1. The van der Waals surface area contributed by atoms with E-state index < -0.39 is 0 Å². The van der Waals surface area contributed by atoms with Crippen molar-refractivity contribution < 1.29 is 13.9 Å². The SMILES string of the molecule is COc1ccc(-n2c(SCC(=O)c3ccc(F)cc3)nnc2-c2ccccc2)cc1. The summed E-state index contributed by atoms with van der Waals surface area (Å²) in [5.74, 6) is 1.11. The Morgan fingerprint density at radius 3 is 2.33 bits per heavy atom.